The van der Waals surface area contributed by atoms with E-state index in [1.54, 1.807) is 0 Å². The lowest BCUT2D eigenvalue weighted by atomic mass is 10.0. The summed E-state index contributed by atoms with van der Waals surface area (Å²) in [5.41, 5.74) is 2.69. The molecular weight excluding hydrogens is 300 g/mol. The van der Waals surface area contributed by atoms with E-state index in [4.69, 9.17) is 0 Å². The first kappa shape index (κ1) is 16.0. The highest BCUT2D eigenvalue weighted by atomic mass is 16.4. The molecule has 0 amide bonds. The molecular formula is C20H20N2O2. The second-order valence-corrected chi connectivity index (χ2v) is 6.10. The Bertz CT molecular complexity index is 879. The average molecular weight is 320 g/mol. The number of fused-ring (bicyclic) bond motifs is 1. The number of aromatic nitrogens is 2. The molecule has 24 heavy (non-hydrogen) atoms. The number of hydrogen-bond acceptors (Lipinski definition) is 2. The van der Waals surface area contributed by atoms with Gasteiger partial charge >= 0.3 is 5.97 Å². The van der Waals surface area contributed by atoms with Crippen molar-refractivity contribution >= 4 is 29.2 Å². The maximum absolute atomic E-state index is 11.8. The van der Waals surface area contributed by atoms with Crippen LogP contribution in [0, 0.1) is 5.92 Å². The molecule has 0 aliphatic rings. The summed E-state index contributed by atoms with van der Waals surface area (Å²) in [6.45, 7) is 3.83. The van der Waals surface area contributed by atoms with E-state index in [-0.39, 0.29) is 5.92 Å². The second kappa shape index (κ2) is 6.71. The van der Waals surface area contributed by atoms with E-state index in [1.165, 1.54) is 0 Å². The van der Waals surface area contributed by atoms with Crippen molar-refractivity contribution in [3.05, 3.63) is 66.0 Å². The molecule has 1 heterocycles. The van der Waals surface area contributed by atoms with Crippen LogP contribution in [0.3, 0.4) is 0 Å². The maximum atomic E-state index is 11.8. The summed E-state index contributed by atoms with van der Waals surface area (Å²) in [5, 5.41) is 9.71. The number of carbonyl (C=O) groups is 1. The first-order valence-electron chi connectivity index (χ1n) is 8.01. The van der Waals surface area contributed by atoms with Gasteiger partial charge in [-0.25, -0.2) is 9.78 Å². The summed E-state index contributed by atoms with van der Waals surface area (Å²) < 4.78 is 1.82. The van der Waals surface area contributed by atoms with Crippen molar-refractivity contribution in [3.63, 3.8) is 0 Å². The van der Waals surface area contributed by atoms with Gasteiger partial charge in [-0.05, 0) is 29.7 Å². The molecule has 1 N–H and O–H groups in total. The van der Waals surface area contributed by atoms with Crippen molar-refractivity contribution in [1.82, 2.24) is 9.55 Å². The Morgan fingerprint density at radius 2 is 1.71 bits per heavy atom. The van der Waals surface area contributed by atoms with Gasteiger partial charge in [0.15, 0.2) is 0 Å². The zero-order chi connectivity index (χ0) is 17.1. The van der Waals surface area contributed by atoms with Crippen LogP contribution in [0.4, 0.5) is 0 Å². The molecule has 3 rings (SSSR count). The Morgan fingerprint density at radius 1 is 1.04 bits per heavy atom. The fraction of sp³-hybridized carbons (Fsp3) is 0.200. The van der Waals surface area contributed by atoms with Crippen molar-refractivity contribution in [3.8, 4) is 0 Å². The highest BCUT2D eigenvalue weighted by Crippen LogP contribution is 2.27. The molecule has 2 aromatic carbocycles. The normalized spacial score (nSPS) is 13.0. The van der Waals surface area contributed by atoms with Crippen LogP contribution >= 0.6 is 0 Å². The average Bonchev–Trinajstić information content (AvgIpc) is 2.92. The second-order valence-electron chi connectivity index (χ2n) is 6.10. The molecule has 0 fully saturated rings. The fourth-order valence-corrected chi connectivity index (χ4v) is 2.90. The van der Waals surface area contributed by atoms with Crippen molar-refractivity contribution < 1.29 is 9.90 Å². The molecule has 0 bridgehead atoms. The van der Waals surface area contributed by atoms with Gasteiger partial charge in [-0.3, -0.25) is 0 Å². The van der Waals surface area contributed by atoms with Crippen molar-refractivity contribution in [2.75, 3.05) is 0 Å². The molecule has 0 aliphatic carbocycles. The van der Waals surface area contributed by atoms with Gasteiger partial charge in [0.1, 0.15) is 11.9 Å². The highest BCUT2D eigenvalue weighted by molar-refractivity contribution is 5.83. The number of benzene rings is 2. The first-order valence-corrected chi connectivity index (χ1v) is 8.01. The Kier molecular flexibility index (Phi) is 4.47. The van der Waals surface area contributed by atoms with E-state index in [2.05, 4.69) is 4.98 Å². The number of rotatable bonds is 5. The Hall–Kier alpha value is -2.88. The predicted octanol–water partition coefficient (Wildman–Crippen LogP) is 4.49. The standard InChI is InChI=1S/C20H20N2O2/c1-14(2)19(20(23)24)22-17-11-7-6-10-16(17)21-18(22)13-12-15-8-4-3-5-9-15/h3-14,19H,1-2H3,(H,23,24)/b13-12+. The summed E-state index contributed by atoms with van der Waals surface area (Å²) in [6.07, 6.45) is 3.84. The summed E-state index contributed by atoms with van der Waals surface area (Å²) in [7, 11) is 0. The van der Waals surface area contributed by atoms with E-state index in [0.29, 0.717) is 5.82 Å². The van der Waals surface area contributed by atoms with E-state index >= 15 is 0 Å². The van der Waals surface area contributed by atoms with Crippen molar-refractivity contribution in [2.24, 2.45) is 5.92 Å². The predicted molar refractivity (Wildman–Crippen MR) is 96.6 cm³/mol. The van der Waals surface area contributed by atoms with E-state index in [0.717, 1.165) is 16.6 Å². The topological polar surface area (TPSA) is 55.1 Å². The molecule has 0 saturated carbocycles. The zero-order valence-electron chi connectivity index (χ0n) is 13.8. The third-order valence-corrected chi connectivity index (χ3v) is 4.01. The number of carboxylic acid groups (broad SMARTS) is 1. The number of nitrogens with zero attached hydrogens (tertiary/aromatic N) is 2. The minimum Gasteiger partial charge on any atom is -0.480 e. The lowest BCUT2D eigenvalue weighted by Gasteiger charge is -2.20. The summed E-state index contributed by atoms with van der Waals surface area (Å²) >= 11 is 0. The van der Waals surface area contributed by atoms with Crippen LogP contribution in [0.1, 0.15) is 31.3 Å². The Morgan fingerprint density at radius 3 is 2.38 bits per heavy atom. The minimum atomic E-state index is -0.845. The van der Waals surface area contributed by atoms with Gasteiger partial charge in [0.05, 0.1) is 11.0 Å². The van der Waals surface area contributed by atoms with E-state index in [9.17, 15) is 9.90 Å². The lowest BCUT2D eigenvalue weighted by molar-refractivity contribution is -0.142. The molecule has 0 spiro atoms. The molecule has 0 saturated heterocycles. The van der Waals surface area contributed by atoms with Crippen molar-refractivity contribution in [2.45, 2.75) is 19.9 Å². The quantitative estimate of drug-likeness (QED) is 0.753. The van der Waals surface area contributed by atoms with Crippen LogP contribution in [-0.2, 0) is 4.79 Å². The van der Waals surface area contributed by atoms with Gasteiger partial charge < -0.3 is 9.67 Å². The molecule has 1 atom stereocenters. The van der Waals surface area contributed by atoms with Gasteiger partial charge in [-0.15, -0.1) is 0 Å². The summed E-state index contributed by atoms with van der Waals surface area (Å²) in [6, 6.07) is 16.9. The lowest BCUT2D eigenvalue weighted by Crippen LogP contribution is -2.25. The van der Waals surface area contributed by atoms with Crippen molar-refractivity contribution in [1.29, 1.82) is 0 Å². The zero-order valence-corrected chi connectivity index (χ0v) is 13.8. The van der Waals surface area contributed by atoms with Crippen LogP contribution < -0.4 is 0 Å². The molecule has 1 aromatic heterocycles. The molecule has 3 aromatic rings. The van der Waals surface area contributed by atoms with E-state index in [1.807, 2.05) is 85.2 Å². The Balaban J connectivity index is 2.15. The number of para-hydroxylation sites is 2. The van der Waals surface area contributed by atoms with Gasteiger partial charge in [0.2, 0.25) is 0 Å². The highest BCUT2D eigenvalue weighted by Gasteiger charge is 2.27. The number of carboxylic acids is 1. The van der Waals surface area contributed by atoms with Crippen LogP contribution in [0.25, 0.3) is 23.2 Å². The number of hydrogen-bond donors (Lipinski definition) is 1. The van der Waals surface area contributed by atoms with Gasteiger partial charge in [-0.2, -0.15) is 0 Å². The molecule has 1 unspecified atom stereocenters. The van der Waals surface area contributed by atoms with Crippen LogP contribution in [0.2, 0.25) is 0 Å². The summed E-state index contributed by atoms with van der Waals surface area (Å²) in [4.78, 5) is 16.5. The first-order chi connectivity index (χ1) is 11.6. The summed E-state index contributed by atoms with van der Waals surface area (Å²) in [5.74, 6) is -0.243. The molecule has 0 aliphatic heterocycles. The Labute approximate surface area is 141 Å². The monoisotopic (exact) mass is 320 g/mol. The number of aliphatic carboxylic acids is 1. The fourth-order valence-electron chi connectivity index (χ4n) is 2.90. The largest absolute Gasteiger partial charge is 0.480 e. The smallest absolute Gasteiger partial charge is 0.327 e. The molecule has 0 radical (unpaired) electrons. The molecule has 4 nitrogen and oxygen atoms in total. The SMILES string of the molecule is CC(C)C(C(=O)O)n1c(/C=C/c2ccccc2)nc2ccccc21. The third-order valence-electron chi connectivity index (χ3n) is 4.01. The van der Waals surface area contributed by atoms with Crippen LogP contribution in [0.5, 0.6) is 0 Å². The molecule has 4 heteroatoms. The minimum absolute atomic E-state index is 0.0519. The van der Waals surface area contributed by atoms with Gasteiger partial charge in [-0.1, -0.05) is 62.4 Å². The van der Waals surface area contributed by atoms with Crippen LogP contribution in [-0.4, -0.2) is 20.6 Å². The third kappa shape index (κ3) is 3.08. The van der Waals surface area contributed by atoms with E-state index < -0.39 is 12.0 Å². The van der Waals surface area contributed by atoms with Crippen LogP contribution in [0.15, 0.2) is 54.6 Å². The van der Waals surface area contributed by atoms with Gasteiger partial charge in [0, 0.05) is 0 Å². The maximum Gasteiger partial charge on any atom is 0.327 e. The van der Waals surface area contributed by atoms with Gasteiger partial charge in [0.25, 0.3) is 0 Å². The molecule has 122 valence electrons. The number of imidazole rings is 1.